The van der Waals surface area contributed by atoms with E-state index in [0.29, 0.717) is 0 Å². The Kier molecular flexibility index (Phi) is 1.77. The van der Waals surface area contributed by atoms with E-state index in [9.17, 15) is 0 Å². The van der Waals surface area contributed by atoms with Crippen LogP contribution in [0.15, 0.2) is 0 Å². The van der Waals surface area contributed by atoms with Crippen molar-refractivity contribution in [1.82, 2.24) is 9.36 Å². The first-order chi connectivity index (χ1) is 5.36. The van der Waals surface area contributed by atoms with Crippen molar-refractivity contribution in [3.63, 3.8) is 0 Å². The predicted octanol–water partition coefficient (Wildman–Crippen LogP) is 1.45. The van der Waals surface area contributed by atoms with Gasteiger partial charge in [0.1, 0.15) is 5.01 Å². The summed E-state index contributed by atoms with van der Waals surface area (Å²) < 4.78 is 4.25. The average Bonchev–Trinajstić information content (AvgIpc) is 2.55. The monoisotopic (exact) mass is 169 g/mol. The van der Waals surface area contributed by atoms with Crippen LogP contribution < -0.4 is 4.90 Å². The van der Waals surface area contributed by atoms with Gasteiger partial charge in [-0.2, -0.15) is 4.37 Å². The largest absolute Gasteiger partial charge is 0.340 e. The minimum atomic E-state index is 0.935. The topological polar surface area (TPSA) is 29.0 Å². The van der Waals surface area contributed by atoms with Crippen molar-refractivity contribution in [3.8, 4) is 0 Å². The molecule has 60 valence electrons. The van der Waals surface area contributed by atoms with Crippen molar-refractivity contribution in [2.24, 2.45) is 0 Å². The lowest BCUT2D eigenvalue weighted by molar-refractivity contribution is 0.918. The standard InChI is InChI=1S/C7H11N3S/c1-6-8-7(9-11-6)10-4-2-3-5-10/h2-5H2,1H3. The first-order valence-electron chi connectivity index (χ1n) is 3.91. The zero-order valence-corrected chi connectivity index (χ0v) is 7.39. The Hall–Kier alpha value is -0.640. The van der Waals surface area contributed by atoms with Crippen LogP contribution in [-0.2, 0) is 0 Å². The van der Waals surface area contributed by atoms with E-state index in [0.717, 1.165) is 24.0 Å². The van der Waals surface area contributed by atoms with Gasteiger partial charge in [0.2, 0.25) is 5.95 Å². The third kappa shape index (κ3) is 1.35. The molecule has 0 aromatic carbocycles. The van der Waals surface area contributed by atoms with Gasteiger partial charge in [-0.25, -0.2) is 4.98 Å². The smallest absolute Gasteiger partial charge is 0.237 e. The summed E-state index contributed by atoms with van der Waals surface area (Å²) in [7, 11) is 0. The molecule has 1 aliphatic heterocycles. The van der Waals surface area contributed by atoms with Crippen molar-refractivity contribution in [2.45, 2.75) is 19.8 Å². The third-order valence-electron chi connectivity index (χ3n) is 1.91. The summed E-state index contributed by atoms with van der Waals surface area (Å²) in [5.41, 5.74) is 0. The number of hydrogen-bond acceptors (Lipinski definition) is 4. The fraction of sp³-hybridized carbons (Fsp3) is 0.714. The van der Waals surface area contributed by atoms with Gasteiger partial charge in [0.25, 0.3) is 0 Å². The van der Waals surface area contributed by atoms with Gasteiger partial charge in [0.15, 0.2) is 0 Å². The van der Waals surface area contributed by atoms with Crippen LogP contribution in [0.4, 0.5) is 5.95 Å². The number of nitrogens with zero attached hydrogens (tertiary/aromatic N) is 3. The van der Waals surface area contributed by atoms with Gasteiger partial charge >= 0.3 is 0 Å². The highest BCUT2D eigenvalue weighted by molar-refractivity contribution is 7.05. The molecular weight excluding hydrogens is 158 g/mol. The van der Waals surface area contributed by atoms with Crippen LogP contribution in [-0.4, -0.2) is 22.4 Å². The Morgan fingerprint density at radius 2 is 2.09 bits per heavy atom. The van der Waals surface area contributed by atoms with E-state index in [1.54, 1.807) is 0 Å². The molecule has 1 saturated heterocycles. The molecule has 0 aliphatic carbocycles. The number of hydrogen-bond donors (Lipinski definition) is 0. The van der Waals surface area contributed by atoms with Gasteiger partial charge in [-0.1, -0.05) is 0 Å². The summed E-state index contributed by atoms with van der Waals surface area (Å²) in [4.78, 5) is 6.58. The van der Waals surface area contributed by atoms with E-state index >= 15 is 0 Å². The molecule has 0 radical (unpaired) electrons. The highest BCUT2D eigenvalue weighted by atomic mass is 32.1. The van der Waals surface area contributed by atoms with Crippen molar-refractivity contribution >= 4 is 17.5 Å². The normalized spacial score (nSPS) is 17.7. The Morgan fingerprint density at radius 1 is 1.36 bits per heavy atom. The molecule has 2 rings (SSSR count). The molecule has 2 heterocycles. The van der Waals surface area contributed by atoms with Gasteiger partial charge in [-0.05, 0) is 31.3 Å². The first kappa shape index (κ1) is 7.03. The van der Waals surface area contributed by atoms with Gasteiger partial charge in [0.05, 0.1) is 0 Å². The lowest BCUT2D eigenvalue weighted by Gasteiger charge is -2.10. The van der Waals surface area contributed by atoms with Crippen molar-refractivity contribution < 1.29 is 0 Å². The second-order valence-electron chi connectivity index (χ2n) is 2.81. The molecular formula is C7H11N3S. The summed E-state index contributed by atoms with van der Waals surface area (Å²) in [6.07, 6.45) is 2.58. The maximum atomic E-state index is 4.33. The molecule has 0 amide bonds. The van der Waals surface area contributed by atoms with E-state index in [1.807, 2.05) is 6.92 Å². The van der Waals surface area contributed by atoms with E-state index in [2.05, 4.69) is 14.3 Å². The summed E-state index contributed by atoms with van der Waals surface area (Å²) in [6.45, 7) is 4.27. The first-order valence-corrected chi connectivity index (χ1v) is 4.69. The van der Waals surface area contributed by atoms with Crippen LogP contribution in [0.25, 0.3) is 0 Å². The average molecular weight is 169 g/mol. The summed E-state index contributed by atoms with van der Waals surface area (Å²) in [5.74, 6) is 0.935. The van der Waals surface area contributed by atoms with Crippen molar-refractivity contribution in [3.05, 3.63) is 5.01 Å². The van der Waals surface area contributed by atoms with Gasteiger partial charge < -0.3 is 4.90 Å². The van der Waals surface area contributed by atoms with Crippen LogP contribution in [0.1, 0.15) is 17.8 Å². The number of aryl methyl sites for hydroxylation is 1. The molecule has 0 N–H and O–H groups in total. The van der Waals surface area contributed by atoms with Crippen LogP contribution >= 0.6 is 11.5 Å². The second kappa shape index (κ2) is 2.77. The van der Waals surface area contributed by atoms with Crippen molar-refractivity contribution in [1.29, 1.82) is 0 Å². The summed E-state index contributed by atoms with van der Waals surface area (Å²) >= 11 is 1.49. The van der Waals surface area contributed by atoms with E-state index in [1.165, 1.54) is 24.4 Å². The van der Waals surface area contributed by atoms with Crippen molar-refractivity contribution in [2.75, 3.05) is 18.0 Å². The molecule has 1 aromatic rings. The minimum absolute atomic E-state index is 0.935. The lowest BCUT2D eigenvalue weighted by Crippen LogP contribution is -2.18. The molecule has 0 saturated carbocycles. The van der Waals surface area contributed by atoms with Gasteiger partial charge in [-0.3, -0.25) is 0 Å². The van der Waals surface area contributed by atoms with Crippen LogP contribution in [0.2, 0.25) is 0 Å². The highest BCUT2D eigenvalue weighted by Crippen LogP contribution is 2.17. The Bertz CT molecular complexity index is 240. The predicted molar refractivity (Wildman–Crippen MR) is 46.1 cm³/mol. The molecule has 0 bridgehead atoms. The molecule has 1 fully saturated rings. The van der Waals surface area contributed by atoms with E-state index in [-0.39, 0.29) is 0 Å². The number of anilines is 1. The van der Waals surface area contributed by atoms with Crippen LogP contribution in [0, 0.1) is 6.92 Å². The molecule has 1 aromatic heterocycles. The Labute approximate surface area is 70.2 Å². The minimum Gasteiger partial charge on any atom is -0.340 e. The SMILES string of the molecule is Cc1nc(N2CCCC2)ns1. The highest BCUT2D eigenvalue weighted by Gasteiger charge is 2.15. The Morgan fingerprint density at radius 3 is 2.64 bits per heavy atom. The molecule has 4 heteroatoms. The van der Waals surface area contributed by atoms with E-state index < -0.39 is 0 Å². The Balaban J connectivity index is 2.15. The fourth-order valence-electron chi connectivity index (χ4n) is 1.33. The molecule has 0 atom stereocenters. The molecule has 0 unspecified atom stereocenters. The molecule has 3 nitrogen and oxygen atoms in total. The number of rotatable bonds is 1. The summed E-state index contributed by atoms with van der Waals surface area (Å²) in [6, 6.07) is 0. The number of aromatic nitrogens is 2. The lowest BCUT2D eigenvalue weighted by atomic mass is 10.4. The van der Waals surface area contributed by atoms with Gasteiger partial charge in [-0.15, -0.1) is 0 Å². The zero-order valence-electron chi connectivity index (χ0n) is 6.58. The van der Waals surface area contributed by atoms with E-state index in [4.69, 9.17) is 0 Å². The molecule has 0 spiro atoms. The third-order valence-corrected chi connectivity index (χ3v) is 2.52. The molecule has 11 heavy (non-hydrogen) atoms. The maximum absolute atomic E-state index is 4.33. The quantitative estimate of drug-likeness (QED) is 0.637. The van der Waals surface area contributed by atoms with Crippen LogP contribution in [0.3, 0.4) is 0 Å². The maximum Gasteiger partial charge on any atom is 0.237 e. The zero-order chi connectivity index (χ0) is 7.68. The molecule has 1 aliphatic rings. The second-order valence-corrected chi connectivity index (χ2v) is 3.76. The van der Waals surface area contributed by atoms with Gasteiger partial charge in [0, 0.05) is 13.1 Å². The van der Waals surface area contributed by atoms with Crippen LogP contribution in [0.5, 0.6) is 0 Å². The summed E-state index contributed by atoms with van der Waals surface area (Å²) in [5, 5.41) is 1.06. The fourth-order valence-corrected chi connectivity index (χ4v) is 1.83.